The lowest BCUT2D eigenvalue weighted by Crippen LogP contribution is -2.10. The number of hydrogen-bond acceptors (Lipinski definition) is 3. The molecule has 0 unspecified atom stereocenters. The molecule has 0 fully saturated rings. The van der Waals surface area contributed by atoms with Gasteiger partial charge in [0.25, 0.3) is 0 Å². The monoisotopic (exact) mass is 145 g/mol. The summed E-state index contributed by atoms with van der Waals surface area (Å²) in [4.78, 5) is 0. The van der Waals surface area contributed by atoms with Crippen LogP contribution < -0.4 is 5.32 Å². The Morgan fingerprint density at radius 2 is 2.18 bits per heavy atom. The predicted octanol–water partition coefficient (Wildman–Crippen LogP) is 1.18. The minimum absolute atomic E-state index is 0.189. The first-order chi connectivity index (χ1) is 5.38. The van der Waals surface area contributed by atoms with Gasteiger partial charge in [-0.25, -0.2) is 0 Å². The van der Waals surface area contributed by atoms with Crippen molar-refractivity contribution in [2.24, 2.45) is 0 Å². The molecule has 0 aromatic carbocycles. The molecule has 1 heterocycles. The zero-order chi connectivity index (χ0) is 8.10. The Morgan fingerprint density at radius 3 is 2.64 bits per heavy atom. The largest absolute Gasteiger partial charge is 0.364 e. The molecule has 11 heavy (non-hydrogen) atoms. The molecule has 1 rings (SSSR count). The van der Waals surface area contributed by atoms with Crippen LogP contribution in [0.2, 0.25) is 0 Å². The van der Waals surface area contributed by atoms with Gasteiger partial charge in [0.2, 0.25) is 0 Å². The van der Waals surface area contributed by atoms with Crippen molar-refractivity contribution < 1.29 is 0 Å². The molecule has 3 heteroatoms. The summed E-state index contributed by atoms with van der Waals surface area (Å²) in [6, 6.07) is 3.69. The van der Waals surface area contributed by atoms with Crippen LogP contribution >= 0.6 is 0 Å². The minimum atomic E-state index is 0.189. The van der Waals surface area contributed by atoms with Crippen LogP contribution in [0.3, 0.4) is 0 Å². The Hall–Kier alpha value is -1.74. The molecule has 0 atom stereocenters. The molecular weight excluding hydrogens is 138 g/mol. The van der Waals surface area contributed by atoms with Gasteiger partial charge in [-0.05, 0) is 19.0 Å². The number of rotatable bonds is 0. The summed E-state index contributed by atoms with van der Waals surface area (Å²) in [7, 11) is 0. The minimum Gasteiger partial charge on any atom is -0.364 e. The second-order valence-electron chi connectivity index (χ2n) is 2.16. The van der Waals surface area contributed by atoms with Crippen molar-refractivity contribution in [1.29, 1.82) is 10.5 Å². The van der Waals surface area contributed by atoms with E-state index in [2.05, 4.69) is 5.32 Å². The van der Waals surface area contributed by atoms with Crippen molar-refractivity contribution in [1.82, 2.24) is 5.32 Å². The third-order valence-electron chi connectivity index (χ3n) is 1.46. The molecule has 0 aliphatic carbocycles. The first kappa shape index (κ1) is 7.37. The van der Waals surface area contributed by atoms with Gasteiger partial charge in [0, 0.05) is 5.70 Å². The number of nitrogens with one attached hydrogen (secondary N) is 1. The fraction of sp³-hybridized carbons (Fsp3) is 0.250. The van der Waals surface area contributed by atoms with Gasteiger partial charge in [-0.1, -0.05) is 6.08 Å². The van der Waals surface area contributed by atoms with Gasteiger partial charge in [-0.2, -0.15) is 10.5 Å². The van der Waals surface area contributed by atoms with Gasteiger partial charge in [0.15, 0.2) is 0 Å². The highest BCUT2D eigenvalue weighted by atomic mass is 14.9. The maximum absolute atomic E-state index is 8.48. The van der Waals surface area contributed by atoms with Crippen LogP contribution in [0.5, 0.6) is 0 Å². The van der Waals surface area contributed by atoms with E-state index in [1.165, 1.54) is 0 Å². The van der Waals surface area contributed by atoms with E-state index < -0.39 is 0 Å². The van der Waals surface area contributed by atoms with Gasteiger partial charge in [-0.3, -0.25) is 0 Å². The van der Waals surface area contributed by atoms with Crippen LogP contribution in [0.25, 0.3) is 0 Å². The Bertz CT molecular complexity index is 269. The van der Waals surface area contributed by atoms with Crippen molar-refractivity contribution in [3.8, 4) is 12.1 Å². The van der Waals surface area contributed by atoms with Crippen LogP contribution in [0.4, 0.5) is 0 Å². The molecule has 0 saturated heterocycles. The van der Waals surface area contributed by atoms with Crippen LogP contribution in [-0.2, 0) is 0 Å². The molecule has 0 amide bonds. The van der Waals surface area contributed by atoms with Crippen molar-refractivity contribution in [3.63, 3.8) is 0 Å². The first-order valence-electron chi connectivity index (χ1n) is 3.33. The number of allylic oxidation sites excluding steroid dienone is 3. The molecule has 0 radical (unpaired) electrons. The van der Waals surface area contributed by atoms with E-state index >= 15 is 0 Å². The second kappa shape index (κ2) is 3.43. The molecule has 0 bridgehead atoms. The third-order valence-corrected chi connectivity index (χ3v) is 1.46. The molecule has 3 nitrogen and oxygen atoms in total. The van der Waals surface area contributed by atoms with Crippen molar-refractivity contribution >= 4 is 0 Å². The second-order valence-corrected chi connectivity index (χ2v) is 2.16. The Labute approximate surface area is 65.2 Å². The van der Waals surface area contributed by atoms with E-state index in [0.29, 0.717) is 0 Å². The lowest BCUT2D eigenvalue weighted by Gasteiger charge is -2.09. The zero-order valence-electron chi connectivity index (χ0n) is 5.96. The van der Waals surface area contributed by atoms with E-state index in [4.69, 9.17) is 10.5 Å². The smallest absolute Gasteiger partial charge is 0.148 e. The van der Waals surface area contributed by atoms with Crippen LogP contribution in [0, 0.1) is 22.7 Å². The predicted molar refractivity (Wildman–Crippen MR) is 39.8 cm³/mol. The number of nitrogens with zero attached hydrogens (tertiary/aromatic N) is 2. The van der Waals surface area contributed by atoms with Gasteiger partial charge in [0.1, 0.15) is 17.7 Å². The standard InChI is InChI=1S/C8H7N3/c9-5-7(6-10)8-3-1-2-4-11-8/h2,4,11H,1,3H2. The average molecular weight is 145 g/mol. The number of hydrogen-bond donors (Lipinski definition) is 1. The van der Waals surface area contributed by atoms with E-state index in [0.717, 1.165) is 18.5 Å². The molecule has 0 aromatic rings. The summed E-state index contributed by atoms with van der Waals surface area (Å²) in [5.41, 5.74) is 0.923. The maximum Gasteiger partial charge on any atom is 0.148 e. The topological polar surface area (TPSA) is 59.6 Å². The fourth-order valence-corrected chi connectivity index (χ4v) is 0.900. The van der Waals surface area contributed by atoms with Crippen LogP contribution in [0.15, 0.2) is 23.5 Å². The highest BCUT2D eigenvalue weighted by Crippen LogP contribution is 2.11. The van der Waals surface area contributed by atoms with Gasteiger partial charge >= 0.3 is 0 Å². The number of nitriles is 2. The summed E-state index contributed by atoms with van der Waals surface area (Å²) in [5.74, 6) is 0. The SMILES string of the molecule is N#CC(C#N)=C1CCC=CN1. The fourth-order valence-electron chi connectivity index (χ4n) is 0.900. The molecule has 0 aromatic heterocycles. The van der Waals surface area contributed by atoms with E-state index in [9.17, 15) is 0 Å². The summed E-state index contributed by atoms with van der Waals surface area (Å²) >= 11 is 0. The third kappa shape index (κ3) is 1.59. The molecule has 0 spiro atoms. The summed E-state index contributed by atoms with van der Waals surface area (Å²) in [6.07, 6.45) is 5.38. The Morgan fingerprint density at radius 1 is 1.45 bits per heavy atom. The van der Waals surface area contributed by atoms with Crippen molar-refractivity contribution in [3.05, 3.63) is 23.5 Å². The summed E-state index contributed by atoms with van der Waals surface area (Å²) < 4.78 is 0. The van der Waals surface area contributed by atoms with E-state index in [1.807, 2.05) is 18.2 Å². The lowest BCUT2D eigenvalue weighted by molar-refractivity contribution is 0.832. The quantitative estimate of drug-likeness (QED) is 0.521. The van der Waals surface area contributed by atoms with Gasteiger partial charge in [0.05, 0.1) is 0 Å². The van der Waals surface area contributed by atoms with E-state index in [1.54, 1.807) is 6.20 Å². The Balaban J connectivity index is 2.89. The highest BCUT2D eigenvalue weighted by Gasteiger charge is 2.05. The van der Waals surface area contributed by atoms with E-state index in [-0.39, 0.29) is 5.57 Å². The maximum atomic E-state index is 8.48. The first-order valence-corrected chi connectivity index (χ1v) is 3.33. The normalized spacial score (nSPS) is 14.5. The summed E-state index contributed by atoms with van der Waals surface area (Å²) in [6.45, 7) is 0. The zero-order valence-corrected chi connectivity index (χ0v) is 5.96. The van der Waals surface area contributed by atoms with Crippen LogP contribution in [0.1, 0.15) is 12.8 Å². The van der Waals surface area contributed by atoms with Crippen molar-refractivity contribution in [2.45, 2.75) is 12.8 Å². The molecule has 0 saturated carbocycles. The average Bonchev–Trinajstić information content (AvgIpc) is 2.09. The Kier molecular flexibility index (Phi) is 2.30. The lowest BCUT2D eigenvalue weighted by atomic mass is 10.1. The molecule has 1 N–H and O–H groups in total. The molecule has 1 aliphatic rings. The molecule has 54 valence electrons. The summed E-state index contributed by atoms with van der Waals surface area (Å²) in [5, 5.41) is 19.8. The van der Waals surface area contributed by atoms with Gasteiger partial charge < -0.3 is 5.32 Å². The molecular formula is C8H7N3. The van der Waals surface area contributed by atoms with Crippen LogP contribution in [-0.4, -0.2) is 0 Å². The van der Waals surface area contributed by atoms with Crippen molar-refractivity contribution in [2.75, 3.05) is 0 Å². The highest BCUT2D eigenvalue weighted by molar-refractivity contribution is 5.40. The van der Waals surface area contributed by atoms with Gasteiger partial charge in [-0.15, -0.1) is 0 Å². The molecule has 1 aliphatic heterocycles.